The van der Waals surface area contributed by atoms with Gasteiger partial charge in [-0.1, -0.05) is 24.3 Å². The topological polar surface area (TPSA) is 86.7 Å². The zero-order chi connectivity index (χ0) is 21.5. The molecule has 152 valence electrons. The molecule has 0 saturated carbocycles. The first kappa shape index (κ1) is 19.8. The summed E-state index contributed by atoms with van der Waals surface area (Å²) in [4.78, 5) is 14.9. The molecule has 2 aromatic heterocycles. The van der Waals surface area contributed by atoms with Crippen LogP contribution in [0.4, 0.5) is 18.9 Å². The van der Waals surface area contributed by atoms with Gasteiger partial charge in [0.1, 0.15) is 5.52 Å². The summed E-state index contributed by atoms with van der Waals surface area (Å²) in [5, 5.41) is 20.5. The summed E-state index contributed by atoms with van der Waals surface area (Å²) in [5.74, 6) is 0. The van der Waals surface area contributed by atoms with Crippen molar-refractivity contribution in [3.05, 3.63) is 70.8 Å². The van der Waals surface area contributed by atoms with E-state index in [1.807, 2.05) is 28.8 Å². The fraction of sp³-hybridized carbons (Fsp3) is 0.105. The number of benzene rings is 2. The third kappa shape index (κ3) is 3.47. The van der Waals surface area contributed by atoms with E-state index in [0.717, 1.165) is 34.8 Å². The molecule has 0 saturated heterocycles. The zero-order valence-electron chi connectivity index (χ0n) is 15.1. The third-order valence-corrected chi connectivity index (χ3v) is 5.27. The van der Waals surface area contributed by atoms with Crippen LogP contribution in [0.3, 0.4) is 0 Å². The number of rotatable bonds is 5. The molecule has 2 heterocycles. The molecule has 11 heteroatoms. The minimum atomic E-state index is -4.68. The summed E-state index contributed by atoms with van der Waals surface area (Å²) in [6.45, 7) is 4.19. The van der Waals surface area contributed by atoms with Gasteiger partial charge < -0.3 is 4.57 Å². The molecule has 0 spiro atoms. The minimum absolute atomic E-state index is 0.0134. The van der Waals surface area contributed by atoms with Crippen LogP contribution >= 0.6 is 11.8 Å². The van der Waals surface area contributed by atoms with Crippen molar-refractivity contribution >= 4 is 39.5 Å². The van der Waals surface area contributed by atoms with Crippen LogP contribution in [0.1, 0.15) is 5.56 Å². The van der Waals surface area contributed by atoms with Crippen molar-refractivity contribution in [2.24, 2.45) is 0 Å². The lowest BCUT2D eigenvalue weighted by molar-refractivity contribution is -0.388. The smallest absolute Gasteiger partial charge is 0.320 e. The molecule has 7 nitrogen and oxygen atoms in total. The van der Waals surface area contributed by atoms with E-state index in [-0.39, 0.29) is 10.1 Å². The molecule has 4 aromatic rings. The molecule has 0 amide bonds. The highest BCUT2D eigenvalue weighted by atomic mass is 32.2. The monoisotopic (exact) mass is 431 g/mol. The normalized spacial score (nSPS) is 11.8. The standard InChI is InChI=1S/C19H12F3N5O2S/c1-2-9-26-13-6-4-3-5-12(13)16-17(26)23-18(25-24-16)30-15-8-7-11(19(20,21)22)10-14(15)27(28)29/h2-8,10H,1,9H2. The van der Waals surface area contributed by atoms with Gasteiger partial charge >= 0.3 is 6.18 Å². The highest BCUT2D eigenvalue weighted by Crippen LogP contribution is 2.38. The van der Waals surface area contributed by atoms with Crippen molar-refractivity contribution in [2.45, 2.75) is 22.8 Å². The molecule has 0 aliphatic rings. The summed E-state index contributed by atoms with van der Waals surface area (Å²) >= 11 is 0.781. The lowest BCUT2D eigenvalue weighted by Gasteiger charge is -2.08. The van der Waals surface area contributed by atoms with Crippen LogP contribution in [0.25, 0.3) is 22.1 Å². The van der Waals surface area contributed by atoms with Gasteiger partial charge in [0.15, 0.2) is 5.65 Å². The average molecular weight is 431 g/mol. The van der Waals surface area contributed by atoms with E-state index in [4.69, 9.17) is 0 Å². The van der Waals surface area contributed by atoms with Crippen LogP contribution < -0.4 is 0 Å². The Labute approximate surface area is 171 Å². The molecule has 0 fully saturated rings. The number of aromatic nitrogens is 4. The van der Waals surface area contributed by atoms with Gasteiger partial charge in [0.25, 0.3) is 5.69 Å². The Bertz CT molecular complexity index is 1300. The Morgan fingerprint density at radius 2 is 1.97 bits per heavy atom. The van der Waals surface area contributed by atoms with Gasteiger partial charge in [-0.05, 0) is 30.0 Å². The number of nitro benzene ring substituents is 1. The quantitative estimate of drug-likeness (QED) is 0.244. The molecule has 0 atom stereocenters. The van der Waals surface area contributed by atoms with Gasteiger partial charge in [0, 0.05) is 18.0 Å². The molecule has 0 unspecified atom stereocenters. The number of nitro groups is 1. The third-order valence-electron chi connectivity index (χ3n) is 4.35. The summed E-state index contributed by atoms with van der Waals surface area (Å²) in [6, 6.07) is 9.83. The van der Waals surface area contributed by atoms with Crippen LogP contribution in [0.15, 0.2) is 65.2 Å². The molecule has 2 aromatic carbocycles. The maximum atomic E-state index is 12.9. The van der Waals surface area contributed by atoms with Gasteiger partial charge in [-0.3, -0.25) is 10.1 Å². The number of halogens is 3. The predicted octanol–water partition coefficient (Wildman–Crippen LogP) is 5.24. The first-order valence-electron chi connectivity index (χ1n) is 8.55. The van der Waals surface area contributed by atoms with Crippen molar-refractivity contribution in [1.82, 2.24) is 19.7 Å². The van der Waals surface area contributed by atoms with Crippen LogP contribution in [-0.2, 0) is 12.7 Å². The molecular formula is C19H12F3N5O2S. The molecule has 0 aliphatic carbocycles. The van der Waals surface area contributed by atoms with Crippen LogP contribution in [0.5, 0.6) is 0 Å². The second kappa shape index (κ2) is 7.41. The summed E-state index contributed by atoms with van der Waals surface area (Å²) in [6.07, 6.45) is -2.99. The van der Waals surface area contributed by atoms with Crippen molar-refractivity contribution in [3.63, 3.8) is 0 Å². The van der Waals surface area contributed by atoms with Crippen molar-refractivity contribution < 1.29 is 18.1 Å². The Hall–Kier alpha value is -3.47. The summed E-state index contributed by atoms with van der Waals surface area (Å²) in [5.41, 5.74) is 0.156. The second-order valence-electron chi connectivity index (χ2n) is 6.22. The molecular weight excluding hydrogens is 419 g/mol. The second-order valence-corrected chi connectivity index (χ2v) is 7.23. The van der Waals surface area contributed by atoms with Crippen molar-refractivity contribution in [1.29, 1.82) is 0 Å². The number of hydrogen-bond donors (Lipinski definition) is 0. The Morgan fingerprint density at radius 1 is 1.20 bits per heavy atom. The maximum absolute atomic E-state index is 12.9. The molecule has 30 heavy (non-hydrogen) atoms. The fourth-order valence-electron chi connectivity index (χ4n) is 3.07. The van der Waals surface area contributed by atoms with Crippen molar-refractivity contribution in [3.8, 4) is 0 Å². The minimum Gasteiger partial charge on any atom is -0.320 e. The van der Waals surface area contributed by atoms with Crippen molar-refractivity contribution in [2.75, 3.05) is 0 Å². The number of alkyl halides is 3. The fourth-order valence-corrected chi connectivity index (χ4v) is 3.85. The molecule has 0 radical (unpaired) electrons. The first-order chi connectivity index (χ1) is 14.3. The number of para-hydroxylation sites is 1. The maximum Gasteiger partial charge on any atom is 0.416 e. The largest absolute Gasteiger partial charge is 0.416 e. The van der Waals surface area contributed by atoms with E-state index in [1.54, 1.807) is 6.08 Å². The molecule has 0 aliphatic heterocycles. The summed E-state index contributed by atoms with van der Waals surface area (Å²) in [7, 11) is 0. The van der Waals surface area contributed by atoms with E-state index in [9.17, 15) is 23.3 Å². The van der Waals surface area contributed by atoms with E-state index < -0.39 is 22.4 Å². The van der Waals surface area contributed by atoms with E-state index in [2.05, 4.69) is 21.8 Å². The highest BCUT2D eigenvalue weighted by Gasteiger charge is 2.33. The SMILES string of the molecule is C=CCn1c2ccccc2c2nnc(Sc3ccc(C(F)(F)F)cc3[N+](=O)[O-])nc21. The Balaban J connectivity index is 1.81. The van der Waals surface area contributed by atoms with Gasteiger partial charge in [0.05, 0.1) is 20.9 Å². The van der Waals surface area contributed by atoms with Gasteiger partial charge in [0.2, 0.25) is 5.16 Å². The molecule has 0 N–H and O–H groups in total. The number of nitrogens with zero attached hydrogens (tertiary/aromatic N) is 5. The summed E-state index contributed by atoms with van der Waals surface area (Å²) < 4.78 is 40.6. The Morgan fingerprint density at radius 3 is 2.67 bits per heavy atom. The zero-order valence-corrected chi connectivity index (χ0v) is 15.9. The van der Waals surface area contributed by atoms with Crippen LogP contribution in [0, 0.1) is 10.1 Å². The number of hydrogen-bond acceptors (Lipinski definition) is 6. The lowest BCUT2D eigenvalue weighted by Crippen LogP contribution is -2.06. The van der Waals surface area contributed by atoms with E-state index in [1.165, 1.54) is 0 Å². The molecule has 0 bridgehead atoms. The van der Waals surface area contributed by atoms with Gasteiger partial charge in [-0.15, -0.1) is 16.8 Å². The number of fused-ring (bicyclic) bond motifs is 3. The van der Waals surface area contributed by atoms with E-state index >= 15 is 0 Å². The predicted molar refractivity (Wildman–Crippen MR) is 105 cm³/mol. The average Bonchev–Trinajstić information content (AvgIpc) is 3.01. The lowest BCUT2D eigenvalue weighted by atomic mass is 10.2. The van der Waals surface area contributed by atoms with E-state index in [0.29, 0.717) is 23.8 Å². The van der Waals surface area contributed by atoms with Gasteiger partial charge in [-0.2, -0.15) is 13.2 Å². The van der Waals surface area contributed by atoms with Crippen LogP contribution in [-0.4, -0.2) is 24.7 Å². The van der Waals surface area contributed by atoms with Gasteiger partial charge in [-0.25, -0.2) is 4.98 Å². The highest BCUT2D eigenvalue weighted by molar-refractivity contribution is 7.99. The Kier molecular flexibility index (Phi) is 4.90. The first-order valence-corrected chi connectivity index (χ1v) is 9.37. The molecule has 4 rings (SSSR count). The van der Waals surface area contributed by atoms with Crippen LogP contribution in [0.2, 0.25) is 0 Å². The number of allylic oxidation sites excluding steroid dienone is 1.